The van der Waals surface area contributed by atoms with E-state index >= 15 is 0 Å². The lowest BCUT2D eigenvalue weighted by atomic mass is 10.1. The van der Waals surface area contributed by atoms with E-state index < -0.39 is 0 Å². The van der Waals surface area contributed by atoms with Crippen LogP contribution in [0.3, 0.4) is 0 Å². The summed E-state index contributed by atoms with van der Waals surface area (Å²) in [7, 11) is 0. The molecule has 1 aliphatic rings. The number of halogens is 3. The predicted molar refractivity (Wildman–Crippen MR) is 121 cm³/mol. The van der Waals surface area contributed by atoms with Crippen molar-refractivity contribution in [3.8, 4) is 0 Å². The van der Waals surface area contributed by atoms with Gasteiger partial charge in [0, 0.05) is 37.4 Å². The summed E-state index contributed by atoms with van der Waals surface area (Å²) in [5.74, 6) is -0.301. The Kier molecular flexibility index (Phi) is 6.51. The van der Waals surface area contributed by atoms with Gasteiger partial charge in [-0.15, -0.1) is 0 Å². The quantitative estimate of drug-likeness (QED) is 0.556. The number of carbonyl (C=O) groups excluding carboxylic acids is 2. The fraction of sp³-hybridized carbons (Fsp3) is 0.227. The Labute approximate surface area is 194 Å². The highest BCUT2D eigenvalue weighted by Crippen LogP contribution is 2.27. The summed E-state index contributed by atoms with van der Waals surface area (Å²) >= 11 is 18.4. The third-order valence-corrected chi connectivity index (χ3v) is 6.39. The first-order valence-corrected chi connectivity index (χ1v) is 10.9. The van der Waals surface area contributed by atoms with E-state index in [2.05, 4.69) is 5.10 Å². The molecule has 3 aromatic rings. The topological polar surface area (TPSA) is 58.4 Å². The van der Waals surface area contributed by atoms with Crippen molar-refractivity contribution in [3.63, 3.8) is 0 Å². The molecule has 0 saturated carbocycles. The van der Waals surface area contributed by atoms with Crippen molar-refractivity contribution in [2.45, 2.75) is 6.54 Å². The lowest BCUT2D eigenvalue weighted by Gasteiger charge is -2.34. The zero-order chi connectivity index (χ0) is 22.0. The molecule has 31 heavy (non-hydrogen) atoms. The standard InChI is InChI=1S/C22H19Cl3N4O2/c23-18-6-2-1-4-15(18)13-29-14-16(12-26-29)21(30)27-8-10-28(11-9-27)22(31)17-5-3-7-19(24)20(17)25/h1-7,12,14H,8-11,13H2. The highest BCUT2D eigenvalue weighted by Gasteiger charge is 2.27. The largest absolute Gasteiger partial charge is 0.335 e. The van der Waals surface area contributed by atoms with Crippen molar-refractivity contribution in [1.29, 1.82) is 0 Å². The van der Waals surface area contributed by atoms with Crippen LogP contribution in [0.1, 0.15) is 26.3 Å². The van der Waals surface area contributed by atoms with Gasteiger partial charge in [0.1, 0.15) is 0 Å². The number of carbonyl (C=O) groups is 2. The fourth-order valence-corrected chi connectivity index (χ4v) is 4.07. The average molecular weight is 478 g/mol. The maximum absolute atomic E-state index is 12.9. The molecule has 0 atom stereocenters. The third kappa shape index (κ3) is 4.71. The van der Waals surface area contributed by atoms with E-state index in [1.807, 2.05) is 24.3 Å². The molecule has 1 aliphatic heterocycles. The summed E-state index contributed by atoms with van der Waals surface area (Å²) in [4.78, 5) is 29.1. The zero-order valence-corrected chi connectivity index (χ0v) is 18.7. The van der Waals surface area contributed by atoms with Gasteiger partial charge in [-0.3, -0.25) is 14.3 Å². The van der Waals surface area contributed by atoms with E-state index in [1.54, 1.807) is 45.1 Å². The molecule has 1 aromatic heterocycles. The molecular weight excluding hydrogens is 459 g/mol. The van der Waals surface area contributed by atoms with Crippen molar-refractivity contribution in [2.24, 2.45) is 0 Å². The van der Waals surface area contributed by atoms with E-state index in [0.29, 0.717) is 53.9 Å². The van der Waals surface area contributed by atoms with Crippen LogP contribution in [0.15, 0.2) is 54.9 Å². The first-order valence-electron chi connectivity index (χ1n) is 9.72. The van der Waals surface area contributed by atoms with E-state index in [0.717, 1.165) is 5.56 Å². The van der Waals surface area contributed by atoms with Crippen LogP contribution in [0.25, 0.3) is 0 Å². The Morgan fingerprint density at radius 2 is 1.48 bits per heavy atom. The normalized spacial score (nSPS) is 14.0. The highest BCUT2D eigenvalue weighted by molar-refractivity contribution is 6.43. The van der Waals surface area contributed by atoms with E-state index in [-0.39, 0.29) is 16.8 Å². The molecule has 9 heteroatoms. The first-order chi connectivity index (χ1) is 14.9. The number of nitrogens with zero attached hydrogens (tertiary/aromatic N) is 4. The van der Waals surface area contributed by atoms with E-state index in [1.165, 1.54) is 0 Å². The van der Waals surface area contributed by atoms with Crippen molar-refractivity contribution in [1.82, 2.24) is 19.6 Å². The number of hydrogen-bond acceptors (Lipinski definition) is 3. The lowest BCUT2D eigenvalue weighted by Crippen LogP contribution is -2.50. The van der Waals surface area contributed by atoms with Crippen LogP contribution < -0.4 is 0 Å². The molecule has 160 valence electrons. The van der Waals surface area contributed by atoms with Crippen LogP contribution in [-0.2, 0) is 6.54 Å². The van der Waals surface area contributed by atoms with Gasteiger partial charge >= 0.3 is 0 Å². The Balaban J connectivity index is 1.37. The van der Waals surface area contributed by atoms with Crippen molar-refractivity contribution in [2.75, 3.05) is 26.2 Å². The molecule has 0 radical (unpaired) electrons. The SMILES string of the molecule is O=C(c1cnn(Cc2ccccc2Cl)c1)N1CCN(C(=O)c2cccc(Cl)c2Cl)CC1. The van der Waals surface area contributed by atoms with Gasteiger partial charge in [-0.25, -0.2) is 0 Å². The molecule has 0 bridgehead atoms. The van der Waals surface area contributed by atoms with Gasteiger partial charge in [0.2, 0.25) is 0 Å². The number of amides is 2. The second-order valence-electron chi connectivity index (χ2n) is 7.20. The van der Waals surface area contributed by atoms with Gasteiger partial charge in [-0.05, 0) is 23.8 Å². The number of piperazine rings is 1. The molecule has 2 heterocycles. The predicted octanol–water partition coefficient (Wildman–Crippen LogP) is 4.49. The van der Waals surface area contributed by atoms with Gasteiger partial charge in [-0.1, -0.05) is 59.1 Å². The van der Waals surface area contributed by atoms with Crippen LogP contribution in [0, 0.1) is 0 Å². The second kappa shape index (κ2) is 9.30. The van der Waals surface area contributed by atoms with Gasteiger partial charge in [-0.2, -0.15) is 5.10 Å². The van der Waals surface area contributed by atoms with Crippen LogP contribution in [-0.4, -0.2) is 57.6 Å². The molecule has 0 aliphatic carbocycles. The Hall–Kier alpha value is -2.54. The molecule has 0 N–H and O–H groups in total. The minimum atomic E-state index is -0.188. The highest BCUT2D eigenvalue weighted by atomic mass is 35.5. The Morgan fingerprint density at radius 1 is 0.839 bits per heavy atom. The number of hydrogen-bond donors (Lipinski definition) is 0. The zero-order valence-electron chi connectivity index (χ0n) is 16.5. The fourth-order valence-electron chi connectivity index (χ4n) is 3.50. The summed E-state index contributed by atoms with van der Waals surface area (Å²) < 4.78 is 1.69. The molecule has 6 nitrogen and oxygen atoms in total. The van der Waals surface area contributed by atoms with Crippen LogP contribution >= 0.6 is 34.8 Å². The molecule has 1 saturated heterocycles. The van der Waals surface area contributed by atoms with Gasteiger partial charge in [0.25, 0.3) is 11.8 Å². The van der Waals surface area contributed by atoms with Gasteiger partial charge in [0.05, 0.1) is 33.9 Å². The number of aromatic nitrogens is 2. The maximum Gasteiger partial charge on any atom is 0.257 e. The summed E-state index contributed by atoms with van der Waals surface area (Å²) in [5.41, 5.74) is 1.80. The van der Waals surface area contributed by atoms with Crippen molar-refractivity contribution >= 4 is 46.6 Å². The summed E-state index contributed by atoms with van der Waals surface area (Å²) in [6, 6.07) is 12.5. The summed E-state index contributed by atoms with van der Waals surface area (Å²) in [6.07, 6.45) is 3.28. The molecule has 2 amide bonds. The van der Waals surface area contributed by atoms with E-state index in [4.69, 9.17) is 34.8 Å². The third-order valence-electron chi connectivity index (χ3n) is 5.21. The molecular formula is C22H19Cl3N4O2. The Bertz CT molecular complexity index is 1120. The minimum Gasteiger partial charge on any atom is -0.335 e. The lowest BCUT2D eigenvalue weighted by molar-refractivity contribution is 0.0535. The van der Waals surface area contributed by atoms with Crippen molar-refractivity contribution in [3.05, 3.63) is 86.6 Å². The monoisotopic (exact) mass is 476 g/mol. The minimum absolute atomic E-state index is 0.113. The van der Waals surface area contributed by atoms with Gasteiger partial charge < -0.3 is 9.80 Å². The number of rotatable bonds is 4. The molecule has 1 fully saturated rings. The first kappa shape index (κ1) is 21.7. The maximum atomic E-state index is 12.9. The summed E-state index contributed by atoms with van der Waals surface area (Å²) in [6.45, 7) is 2.18. The van der Waals surface area contributed by atoms with Crippen LogP contribution in [0.4, 0.5) is 0 Å². The van der Waals surface area contributed by atoms with Crippen LogP contribution in [0.5, 0.6) is 0 Å². The number of benzene rings is 2. The average Bonchev–Trinajstić information content (AvgIpc) is 3.25. The molecule has 0 spiro atoms. The summed E-state index contributed by atoms with van der Waals surface area (Å²) in [5, 5.41) is 5.54. The Morgan fingerprint density at radius 3 is 2.19 bits per heavy atom. The molecule has 2 aromatic carbocycles. The van der Waals surface area contributed by atoms with E-state index in [9.17, 15) is 9.59 Å². The molecule has 0 unspecified atom stereocenters. The molecule has 4 rings (SSSR count). The second-order valence-corrected chi connectivity index (χ2v) is 8.40. The smallest absolute Gasteiger partial charge is 0.257 e. The van der Waals surface area contributed by atoms with Gasteiger partial charge in [0.15, 0.2) is 0 Å². The van der Waals surface area contributed by atoms with Crippen molar-refractivity contribution < 1.29 is 9.59 Å². The van der Waals surface area contributed by atoms with Crippen LogP contribution in [0.2, 0.25) is 15.1 Å².